The van der Waals surface area contributed by atoms with Crippen LogP contribution in [0.5, 0.6) is 0 Å². The van der Waals surface area contributed by atoms with Crippen LogP contribution in [0.15, 0.2) is 60.7 Å². The molecule has 1 aliphatic heterocycles. The zero-order valence-corrected chi connectivity index (χ0v) is 19.3. The van der Waals surface area contributed by atoms with E-state index in [1.807, 2.05) is 18.2 Å². The summed E-state index contributed by atoms with van der Waals surface area (Å²) in [7, 11) is 1.32. The minimum Gasteiger partial charge on any atom is -0.465 e. The molecule has 0 unspecified atom stereocenters. The molecule has 0 radical (unpaired) electrons. The number of ether oxygens (including phenoxy) is 1. The van der Waals surface area contributed by atoms with E-state index in [2.05, 4.69) is 22.3 Å². The fourth-order valence-electron chi connectivity index (χ4n) is 3.91. The highest BCUT2D eigenvalue weighted by atomic mass is 32.1. The monoisotopic (exact) mass is 477 g/mol. The van der Waals surface area contributed by atoms with Gasteiger partial charge in [-0.15, -0.1) is 11.3 Å². The molecule has 1 aromatic heterocycles. The summed E-state index contributed by atoms with van der Waals surface area (Å²) in [5.41, 5.74) is 3.01. The number of hydrogen-bond donors (Lipinski definition) is 1. The lowest BCUT2D eigenvalue weighted by molar-refractivity contribution is -0.384. The molecule has 2 heterocycles. The second-order valence-electron chi connectivity index (χ2n) is 7.82. The summed E-state index contributed by atoms with van der Waals surface area (Å²) in [5, 5.41) is 14.2. The van der Waals surface area contributed by atoms with Crippen molar-refractivity contribution >= 4 is 40.0 Å². The Morgan fingerprint density at radius 2 is 2.00 bits per heavy atom. The van der Waals surface area contributed by atoms with E-state index < -0.39 is 16.8 Å². The van der Waals surface area contributed by atoms with Crippen molar-refractivity contribution in [3.05, 3.63) is 97.9 Å². The van der Waals surface area contributed by atoms with Crippen LogP contribution in [0.4, 0.5) is 10.7 Å². The topological polar surface area (TPSA) is 102 Å². The third kappa shape index (κ3) is 5.38. The Labute approximate surface area is 200 Å². The van der Waals surface area contributed by atoms with E-state index in [-0.39, 0.29) is 5.69 Å². The summed E-state index contributed by atoms with van der Waals surface area (Å²) in [4.78, 5) is 38.9. The largest absolute Gasteiger partial charge is 0.465 e. The fourth-order valence-corrected chi connectivity index (χ4v) is 5.19. The van der Waals surface area contributed by atoms with E-state index in [0.717, 1.165) is 23.5 Å². The molecule has 0 aliphatic carbocycles. The molecule has 34 heavy (non-hydrogen) atoms. The predicted octanol–water partition coefficient (Wildman–Crippen LogP) is 4.65. The number of rotatable bonds is 7. The van der Waals surface area contributed by atoms with E-state index in [1.165, 1.54) is 48.3 Å². The fraction of sp³-hybridized carbons (Fsp3) is 0.200. The first-order chi connectivity index (χ1) is 16.4. The summed E-state index contributed by atoms with van der Waals surface area (Å²) in [6, 6.07) is 16.2. The van der Waals surface area contributed by atoms with Crippen molar-refractivity contribution in [2.45, 2.75) is 19.5 Å². The van der Waals surface area contributed by atoms with Crippen molar-refractivity contribution in [3.8, 4) is 0 Å². The van der Waals surface area contributed by atoms with Gasteiger partial charge in [-0.3, -0.25) is 19.8 Å². The van der Waals surface area contributed by atoms with Crippen molar-refractivity contribution in [2.75, 3.05) is 19.0 Å². The molecule has 3 aromatic rings. The minimum atomic E-state index is -0.489. The number of nitro benzene ring substituents is 1. The Morgan fingerprint density at radius 3 is 2.74 bits per heavy atom. The zero-order valence-electron chi connectivity index (χ0n) is 18.5. The molecule has 0 atom stereocenters. The number of thiophene rings is 1. The van der Waals surface area contributed by atoms with E-state index in [9.17, 15) is 19.7 Å². The first-order valence-corrected chi connectivity index (χ1v) is 11.5. The lowest BCUT2D eigenvalue weighted by atomic mass is 10.0. The first kappa shape index (κ1) is 23.3. The molecule has 0 saturated heterocycles. The van der Waals surface area contributed by atoms with Crippen LogP contribution in [0.1, 0.15) is 31.9 Å². The smallest absolute Gasteiger partial charge is 0.341 e. The van der Waals surface area contributed by atoms with E-state index in [0.29, 0.717) is 29.1 Å². The number of nitrogens with zero attached hydrogens (tertiary/aromatic N) is 2. The van der Waals surface area contributed by atoms with Gasteiger partial charge in [0.1, 0.15) is 5.00 Å². The summed E-state index contributed by atoms with van der Waals surface area (Å²) < 4.78 is 4.99. The number of benzene rings is 2. The molecule has 1 aliphatic rings. The molecule has 0 saturated carbocycles. The lowest BCUT2D eigenvalue weighted by Crippen LogP contribution is -2.29. The second-order valence-corrected chi connectivity index (χ2v) is 8.93. The molecule has 174 valence electrons. The van der Waals surface area contributed by atoms with Crippen LogP contribution >= 0.6 is 11.3 Å². The van der Waals surface area contributed by atoms with Gasteiger partial charge in [-0.1, -0.05) is 42.5 Å². The summed E-state index contributed by atoms with van der Waals surface area (Å²) in [5.74, 6) is -0.914. The summed E-state index contributed by atoms with van der Waals surface area (Å²) in [6.07, 6.45) is 3.47. The van der Waals surface area contributed by atoms with Crippen LogP contribution in [-0.2, 0) is 29.0 Å². The average molecular weight is 478 g/mol. The highest BCUT2D eigenvalue weighted by Gasteiger charge is 2.29. The Kier molecular flexibility index (Phi) is 7.15. The van der Waals surface area contributed by atoms with Crippen molar-refractivity contribution in [1.82, 2.24) is 4.90 Å². The number of esters is 1. The Hall–Kier alpha value is -3.82. The molecular weight excluding hydrogens is 454 g/mol. The van der Waals surface area contributed by atoms with Crippen molar-refractivity contribution in [1.29, 1.82) is 0 Å². The number of non-ortho nitro benzene ring substituents is 1. The van der Waals surface area contributed by atoms with Crippen LogP contribution in [0, 0.1) is 10.1 Å². The molecule has 0 bridgehead atoms. The Bertz CT molecular complexity index is 1250. The maximum Gasteiger partial charge on any atom is 0.341 e. The molecule has 1 amide bonds. The number of amides is 1. The predicted molar refractivity (Wildman–Crippen MR) is 131 cm³/mol. The molecule has 8 nitrogen and oxygen atoms in total. The van der Waals surface area contributed by atoms with Gasteiger partial charge in [0.2, 0.25) is 5.91 Å². The number of hydrogen-bond acceptors (Lipinski definition) is 7. The maximum atomic E-state index is 12.6. The minimum absolute atomic E-state index is 0.0541. The zero-order chi connectivity index (χ0) is 24.1. The van der Waals surface area contributed by atoms with Gasteiger partial charge in [-0.25, -0.2) is 4.79 Å². The molecular formula is C25H23N3O5S. The second kappa shape index (κ2) is 10.4. The molecule has 1 N–H and O–H groups in total. The van der Waals surface area contributed by atoms with E-state index in [1.54, 1.807) is 12.1 Å². The maximum absolute atomic E-state index is 12.6. The van der Waals surface area contributed by atoms with Gasteiger partial charge in [0.25, 0.3) is 5.69 Å². The Balaban J connectivity index is 1.51. The van der Waals surface area contributed by atoms with Crippen LogP contribution < -0.4 is 5.32 Å². The Morgan fingerprint density at radius 1 is 1.21 bits per heavy atom. The number of fused-ring (bicyclic) bond motifs is 1. The highest BCUT2D eigenvalue weighted by molar-refractivity contribution is 7.17. The molecule has 0 fully saturated rings. The van der Waals surface area contributed by atoms with Gasteiger partial charge < -0.3 is 10.1 Å². The standard InChI is InChI=1S/C25H23N3O5S/c1-33-25(30)23-20-12-13-27(15-18-6-3-2-4-7-18)16-21(20)34-24(23)26-22(29)11-10-17-8-5-9-19(14-17)28(31)32/h2-11,14H,12-13,15-16H2,1H3,(H,26,29). The van der Waals surface area contributed by atoms with Gasteiger partial charge in [0.15, 0.2) is 0 Å². The SMILES string of the molecule is COC(=O)c1c(NC(=O)C=Cc2cccc([N+](=O)[O-])c2)sc2c1CCN(Cc1ccccc1)C2. The third-order valence-corrected chi connectivity index (χ3v) is 6.65. The molecule has 4 rings (SSSR count). The number of carbonyl (C=O) groups excluding carboxylic acids is 2. The number of nitrogens with one attached hydrogen (secondary N) is 1. The lowest BCUT2D eigenvalue weighted by Gasteiger charge is -2.27. The average Bonchev–Trinajstić information content (AvgIpc) is 3.20. The molecule has 9 heteroatoms. The van der Waals surface area contributed by atoms with Crippen LogP contribution in [0.25, 0.3) is 6.08 Å². The quantitative estimate of drug-likeness (QED) is 0.230. The highest BCUT2D eigenvalue weighted by Crippen LogP contribution is 2.38. The molecule has 2 aromatic carbocycles. The van der Waals surface area contributed by atoms with Gasteiger partial charge in [0.05, 0.1) is 17.6 Å². The van der Waals surface area contributed by atoms with Crippen molar-refractivity contribution in [3.63, 3.8) is 0 Å². The van der Waals surface area contributed by atoms with Gasteiger partial charge >= 0.3 is 5.97 Å². The van der Waals surface area contributed by atoms with Gasteiger partial charge in [-0.2, -0.15) is 0 Å². The normalized spacial score (nSPS) is 13.4. The first-order valence-electron chi connectivity index (χ1n) is 10.7. The third-order valence-electron chi connectivity index (χ3n) is 5.52. The molecule has 0 spiro atoms. The number of methoxy groups -OCH3 is 1. The van der Waals surface area contributed by atoms with Crippen molar-refractivity contribution < 1.29 is 19.2 Å². The number of carbonyl (C=O) groups is 2. The van der Waals surface area contributed by atoms with Crippen LogP contribution in [0.3, 0.4) is 0 Å². The van der Waals surface area contributed by atoms with Gasteiger partial charge in [-0.05, 0) is 29.2 Å². The van der Waals surface area contributed by atoms with E-state index >= 15 is 0 Å². The number of anilines is 1. The van der Waals surface area contributed by atoms with Crippen LogP contribution in [-0.4, -0.2) is 35.4 Å². The summed E-state index contributed by atoms with van der Waals surface area (Å²) in [6.45, 7) is 2.28. The van der Waals surface area contributed by atoms with E-state index in [4.69, 9.17) is 4.74 Å². The van der Waals surface area contributed by atoms with Crippen molar-refractivity contribution in [2.24, 2.45) is 0 Å². The van der Waals surface area contributed by atoms with Crippen LogP contribution in [0.2, 0.25) is 0 Å². The van der Waals surface area contributed by atoms with Gasteiger partial charge in [0, 0.05) is 42.7 Å². The summed E-state index contributed by atoms with van der Waals surface area (Å²) >= 11 is 1.38. The number of nitro groups is 1.